The minimum absolute atomic E-state index is 0.0339. The van der Waals surface area contributed by atoms with Gasteiger partial charge in [-0.05, 0) is 39.8 Å². The van der Waals surface area contributed by atoms with Gasteiger partial charge in [-0.3, -0.25) is 18.7 Å². The van der Waals surface area contributed by atoms with E-state index in [-0.39, 0.29) is 25.2 Å². The van der Waals surface area contributed by atoms with E-state index in [0.29, 0.717) is 26.1 Å². The monoisotopic (exact) mass is 789 g/mol. The van der Waals surface area contributed by atoms with Gasteiger partial charge in [-0.15, -0.1) is 0 Å². The van der Waals surface area contributed by atoms with Crippen molar-refractivity contribution >= 4 is 22.3 Å². The number of nitrogens with one attached hydrogen (secondary N) is 2. The quantitative estimate of drug-likeness (QED) is 0.0216. The first-order valence-electron chi connectivity index (χ1n) is 21.1. The van der Waals surface area contributed by atoms with E-state index in [1.165, 1.54) is 128 Å². The van der Waals surface area contributed by atoms with Crippen LogP contribution in [0, 0.1) is 0 Å². The lowest BCUT2D eigenvalue weighted by atomic mass is 10.1. The van der Waals surface area contributed by atoms with Crippen LogP contribution in [0.2, 0.25) is 0 Å². The fraction of sp³-hybridized carbons (Fsp3) is 0.950. The van der Waals surface area contributed by atoms with Gasteiger partial charge in [0.25, 0.3) is 0 Å². The van der Waals surface area contributed by atoms with Crippen LogP contribution in [0.1, 0.15) is 196 Å². The number of carbonyl (C=O) groups is 2. The molecule has 0 unspecified atom stereocenters. The molecule has 0 aliphatic heterocycles. The lowest BCUT2D eigenvalue weighted by molar-refractivity contribution is -0.144. The molecule has 0 aliphatic carbocycles. The zero-order valence-electron chi connectivity index (χ0n) is 35.3. The van der Waals surface area contributed by atoms with Crippen molar-refractivity contribution in [3.63, 3.8) is 0 Å². The topological polar surface area (TPSA) is 192 Å². The van der Waals surface area contributed by atoms with Crippen LogP contribution < -0.4 is 10.6 Å². The smallest absolute Gasteiger partial charge is 0.394 e. The number of aliphatic hydroxyl groups is 2. The number of rotatable bonds is 32. The molecular weight excluding hydrogens is 701 g/mol. The highest BCUT2D eigenvalue weighted by Crippen LogP contribution is 2.13. The Labute approximate surface area is 327 Å². The SMILES string of the molecule is CCCCCCCCCCCCCC(=O)OCC.CCCCCCCCCCCCCC(=O)OCC.CCNCCO.CCNCCO.O=S(=O)(O)O. The van der Waals surface area contributed by atoms with Crippen molar-refractivity contribution in [1.82, 2.24) is 10.6 Å². The molecule has 0 amide bonds. The second-order valence-corrected chi connectivity index (χ2v) is 13.7. The van der Waals surface area contributed by atoms with Gasteiger partial charge in [-0.25, -0.2) is 0 Å². The first-order valence-corrected chi connectivity index (χ1v) is 22.5. The maximum Gasteiger partial charge on any atom is 0.394 e. The predicted molar refractivity (Wildman–Crippen MR) is 221 cm³/mol. The van der Waals surface area contributed by atoms with Crippen molar-refractivity contribution in [3.8, 4) is 0 Å². The second-order valence-electron chi connectivity index (χ2n) is 12.8. The minimum Gasteiger partial charge on any atom is -0.466 e. The Bertz CT molecular complexity index is 711. The van der Waals surface area contributed by atoms with Gasteiger partial charge in [0.1, 0.15) is 0 Å². The van der Waals surface area contributed by atoms with Gasteiger partial charge in [0.05, 0.1) is 26.4 Å². The van der Waals surface area contributed by atoms with Crippen molar-refractivity contribution < 1.29 is 46.8 Å². The molecule has 0 fully saturated rings. The number of aliphatic hydroxyl groups excluding tert-OH is 2. The van der Waals surface area contributed by atoms with Crippen LogP contribution >= 0.6 is 0 Å². The van der Waals surface area contributed by atoms with Gasteiger partial charge in [0.15, 0.2) is 0 Å². The molecule has 0 atom stereocenters. The molecule has 0 saturated carbocycles. The Morgan fingerprint density at radius 1 is 0.453 bits per heavy atom. The summed E-state index contributed by atoms with van der Waals surface area (Å²) in [6.45, 7) is 17.1. The van der Waals surface area contributed by atoms with Crippen LogP contribution in [-0.4, -0.2) is 92.3 Å². The number of carbonyl (C=O) groups excluding carboxylic acids is 2. The van der Waals surface area contributed by atoms with E-state index in [4.69, 9.17) is 37.2 Å². The first-order chi connectivity index (χ1) is 25.4. The zero-order chi connectivity index (χ0) is 41.1. The summed E-state index contributed by atoms with van der Waals surface area (Å²) in [4.78, 5) is 22.2. The van der Waals surface area contributed by atoms with E-state index in [2.05, 4.69) is 24.5 Å². The molecule has 0 aliphatic rings. The number of esters is 2. The summed E-state index contributed by atoms with van der Waals surface area (Å²) in [7, 11) is -4.67. The molecule has 0 spiro atoms. The van der Waals surface area contributed by atoms with Crippen molar-refractivity contribution in [1.29, 1.82) is 0 Å². The summed E-state index contributed by atoms with van der Waals surface area (Å²) in [6.07, 6.45) is 30.2. The van der Waals surface area contributed by atoms with Crippen molar-refractivity contribution in [2.24, 2.45) is 0 Å². The highest BCUT2D eigenvalue weighted by molar-refractivity contribution is 7.79. The molecular formula is C40H88N2O10S. The van der Waals surface area contributed by atoms with Crippen molar-refractivity contribution in [2.75, 3.05) is 52.6 Å². The van der Waals surface area contributed by atoms with Gasteiger partial charge in [0, 0.05) is 25.9 Å². The molecule has 0 heterocycles. The third-order valence-electron chi connectivity index (χ3n) is 7.66. The predicted octanol–water partition coefficient (Wildman–Crippen LogP) is 9.02. The van der Waals surface area contributed by atoms with Crippen molar-refractivity contribution in [3.05, 3.63) is 0 Å². The second kappa shape index (κ2) is 57.4. The number of unbranched alkanes of at least 4 members (excludes halogenated alkanes) is 20. The number of likely N-dealkylation sites (N-methyl/N-ethyl adjacent to an activating group) is 2. The Morgan fingerprint density at radius 3 is 0.849 bits per heavy atom. The lowest BCUT2D eigenvalue weighted by Gasteiger charge is -2.03. The van der Waals surface area contributed by atoms with Crippen LogP contribution in [0.3, 0.4) is 0 Å². The Hall–Kier alpha value is -1.35. The molecule has 0 bridgehead atoms. The van der Waals surface area contributed by atoms with Crippen LogP contribution in [-0.2, 0) is 29.5 Å². The first kappa shape index (κ1) is 60.9. The molecule has 0 rings (SSSR count). The summed E-state index contributed by atoms with van der Waals surface area (Å²) >= 11 is 0. The van der Waals surface area contributed by atoms with Gasteiger partial charge >= 0.3 is 22.3 Å². The standard InChI is InChI=1S/2C16H32O2.2C4H11NO.H2O4S/c2*1-3-5-6-7-8-9-10-11-12-13-14-15-16(17)18-4-2;2*1-2-5-3-4-6;1-5(2,3)4/h2*3-15H2,1-2H3;2*5-6H,2-4H2,1H3;(H2,1,2,3,4). The van der Waals surface area contributed by atoms with Gasteiger partial charge in [-0.1, -0.05) is 156 Å². The fourth-order valence-corrected chi connectivity index (χ4v) is 4.85. The maximum absolute atomic E-state index is 11.1. The van der Waals surface area contributed by atoms with E-state index in [1.54, 1.807) is 0 Å². The van der Waals surface area contributed by atoms with Crippen LogP contribution in [0.5, 0.6) is 0 Å². The molecule has 324 valence electrons. The summed E-state index contributed by atoms with van der Waals surface area (Å²) < 4.78 is 41.4. The lowest BCUT2D eigenvalue weighted by Crippen LogP contribution is -2.16. The molecule has 0 aromatic heterocycles. The third kappa shape index (κ3) is 89.2. The van der Waals surface area contributed by atoms with Crippen molar-refractivity contribution in [2.45, 2.75) is 196 Å². The summed E-state index contributed by atoms with van der Waals surface area (Å²) in [5, 5.41) is 22.2. The Kier molecular flexibility index (Phi) is 65.9. The number of hydrogen-bond donors (Lipinski definition) is 6. The highest BCUT2D eigenvalue weighted by Gasteiger charge is 2.01. The molecule has 53 heavy (non-hydrogen) atoms. The van der Waals surface area contributed by atoms with E-state index < -0.39 is 10.4 Å². The Balaban J connectivity index is -0.000000203. The summed E-state index contributed by atoms with van der Waals surface area (Å²) in [5.74, 6) is -0.0677. The largest absolute Gasteiger partial charge is 0.466 e. The normalized spacial score (nSPS) is 10.3. The molecule has 0 saturated heterocycles. The molecule has 0 aromatic rings. The van der Waals surface area contributed by atoms with E-state index in [9.17, 15) is 9.59 Å². The summed E-state index contributed by atoms with van der Waals surface area (Å²) in [6, 6.07) is 0. The van der Waals surface area contributed by atoms with E-state index >= 15 is 0 Å². The van der Waals surface area contributed by atoms with Crippen LogP contribution in [0.25, 0.3) is 0 Å². The van der Waals surface area contributed by atoms with Crippen LogP contribution in [0.4, 0.5) is 0 Å². The maximum atomic E-state index is 11.1. The highest BCUT2D eigenvalue weighted by atomic mass is 32.3. The number of ether oxygens (including phenoxy) is 2. The van der Waals surface area contributed by atoms with Gasteiger partial charge in [-0.2, -0.15) is 8.42 Å². The van der Waals surface area contributed by atoms with Crippen LogP contribution in [0.15, 0.2) is 0 Å². The van der Waals surface area contributed by atoms with Gasteiger partial charge < -0.3 is 30.3 Å². The molecule has 12 nitrogen and oxygen atoms in total. The average molecular weight is 789 g/mol. The molecule has 13 heteroatoms. The molecule has 0 aromatic carbocycles. The van der Waals surface area contributed by atoms with E-state index in [1.807, 2.05) is 27.7 Å². The third-order valence-corrected chi connectivity index (χ3v) is 7.66. The van der Waals surface area contributed by atoms with Gasteiger partial charge in [0.2, 0.25) is 0 Å². The van der Waals surface area contributed by atoms with E-state index in [0.717, 1.165) is 39.0 Å². The summed E-state index contributed by atoms with van der Waals surface area (Å²) in [5.41, 5.74) is 0. The fourth-order valence-electron chi connectivity index (χ4n) is 4.85. The molecule has 6 N–H and O–H groups in total. The number of hydrogen-bond acceptors (Lipinski definition) is 10. The minimum atomic E-state index is -4.67. The average Bonchev–Trinajstić information content (AvgIpc) is 3.11. The Morgan fingerprint density at radius 2 is 0.679 bits per heavy atom. The zero-order valence-corrected chi connectivity index (χ0v) is 36.1. The molecule has 0 radical (unpaired) electrons.